The normalized spacial score (nSPS) is 29.3. The van der Waals surface area contributed by atoms with Crippen LogP contribution >= 0.6 is 0 Å². The molecule has 1 unspecified atom stereocenters. The minimum atomic E-state index is -0.309. The fraction of sp³-hybridized carbons (Fsp3) is 0.875. The third-order valence-corrected chi connectivity index (χ3v) is 4.50. The van der Waals surface area contributed by atoms with Gasteiger partial charge in [0, 0.05) is 6.54 Å². The topological polar surface area (TPSA) is 67.9 Å². The first kappa shape index (κ1) is 17.2. The maximum Gasteiger partial charge on any atom is 0.323 e. The summed E-state index contributed by atoms with van der Waals surface area (Å²) >= 11 is 0. The number of piperidine rings is 1. The Hall–Kier alpha value is -1.14. The summed E-state index contributed by atoms with van der Waals surface area (Å²) in [6.07, 6.45) is 3.62. The minimum Gasteiger partial charge on any atom is -0.465 e. The van der Waals surface area contributed by atoms with Gasteiger partial charge in [0.2, 0.25) is 0 Å². The molecule has 0 aromatic carbocycles. The number of rotatable bonds is 6. The molecule has 0 aromatic rings. The quantitative estimate of drug-likeness (QED) is 0.737. The average Bonchev–Trinajstić information content (AvgIpc) is 2.92. The highest BCUT2D eigenvalue weighted by Gasteiger charge is 2.43. The predicted octanol–water partition coefficient (Wildman–Crippen LogP) is 0.945. The number of ether oxygens (including phenoxy) is 2. The van der Waals surface area contributed by atoms with Gasteiger partial charge in [-0.05, 0) is 58.5 Å². The first-order chi connectivity index (χ1) is 10.7. The second kappa shape index (κ2) is 8.48. The molecule has 0 spiro atoms. The fourth-order valence-electron chi connectivity index (χ4n) is 3.48. The van der Waals surface area contributed by atoms with Gasteiger partial charge in [-0.15, -0.1) is 0 Å². The molecule has 2 aliphatic heterocycles. The highest BCUT2D eigenvalue weighted by Crippen LogP contribution is 2.28. The van der Waals surface area contributed by atoms with Crippen molar-refractivity contribution in [2.45, 2.75) is 51.6 Å². The van der Waals surface area contributed by atoms with Crippen molar-refractivity contribution in [1.29, 1.82) is 0 Å². The lowest BCUT2D eigenvalue weighted by Crippen LogP contribution is -2.49. The van der Waals surface area contributed by atoms with Crippen LogP contribution in [0.3, 0.4) is 0 Å². The molecular formula is C16H28N2O4. The van der Waals surface area contributed by atoms with E-state index in [1.165, 1.54) is 0 Å². The van der Waals surface area contributed by atoms with Crippen LogP contribution in [0.5, 0.6) is 0 Å². The van der Waals surface area contributed by atoms with Gasteiger partial charge in [-0.25, -0.2) is 0 Å². The number of carbonyl (C=O) groups is 2. The zero-order valence-electron chi connectivity index (χ0n) is 13.7. The van der Waals surface area contributed by atoms with E-state index in [2.05, 4.69) is 5.32 Å². The van der Waals surface area contributed by atoms with E-state index in [1.807, 2.05) is 18.7 Å². The van der Waals surface area contributed by atoms with Crippen molar-refractivity contribution >= 4 is 11.9 Å². The zero-order chi connectivity index (χ0) is 15.9. The van der Waals surface area contributed by atoms with Gasteiger partial charge in [0.15, 0.2) is 0 Å². The van der Waals surface area contributed by atoms with Crippen LogP contribution < -0.4 is 5.32 Å². The Kier molecular flexibility index (Phi) is 6.64. The molecule has 3 atom stereocenters. The molecule has 6 heteroatoms. The lowest BCUT2D eigenvalue weighted by Gasteiger charge is -2.33. The largest absolute Gasteiger partial charge is 0.465 e. The summed E-state index contributed by atoms with van der Waals surface area (Å²) in [5.74, 6) is 0.0526. The molecule has 1 N–H and O–H groups in total. The van der Waals surface area contributed by atoms with Crippen molar-refractivity contribution in [2.75, 3.05) is 32.8 Å². The lowest BCUT2D eigenvalue weighted by atomic mass is 9.98. The van der Waals surface area contributed by atoms with E-state index >= 15 is 0 Å². The Morgan fingerprint density at radius 1 is 1.05 bits per heavy atom. The molecular weight excluding hydrogens is 284 g/mol. The van der Waals surface area contributed by atoms with Gasteiger partial charge in [0.25, 0.3) is 0 Å². The summed E-state index contributed by atoms with van der Waals surface area (Å²) in [5.41, 5.74) is 0. The van der Waals surface area contributed by atoms with Crippen LogP contribution in [0.1, 0.15) is 39.5 Å². The summed E-state index contributed by atoms with van der Waals surface area (Å²) in [6.45, 7) is 7.12. The van der Waals surface area contributed by atoms with Gasteiger partial charge in [0.05, 0.1) is 13.2 Å². The number of hydrogen-bond donors (Lipinski definition) is 1. The van der Waals surface area contributed by atoms with Crippen LogP contribution in [0.15, 0.2) is 0 Å². The molecule has 0 saturated carbocycles. The molecule has 2 heterocycles. The molecule has 0 aliphatic carbocycles. The van der Waals surface area contributed by atoms with Crippen LogP contribution in [0.2, 0.25) is 0 Å². The third kappa shape index (κ3) is 4.20. The molecule has 0 amide bonds. The zero-order valence-corrected chi connectivity index (χ0v) is 13.7. The van der Waals surface area contributed by atoms with Crippen molar-refractivity contribution in [3.63, 3.8) is 0 Å². The van der Waals surface area contributed by atoms with Crippen LogP contribution in [0.4, 0.5) is 0 Å². The highest BCUT2D eigenvalue weighted by atomic mass is 16.5. The molecule has 2 aliphatic rings. The SMILES string of the molecule is CCOC(=O)[C@H]1CC[C@H](C(=O)OCC)N1CC1CCCNC1. The van der Waals surface area contributed by atoms with Gasteiger partial charge in [0.1, 0.15) is 12.1 Å². The van der Waals surface area contributed by atoms with Crippen LogP contribution in [-0.2, 0) is 19.1 Å². The van der Waals surface area contributed by atoms with Crippen LogP contribution in [-0.4, -0.2) is 61.8 Å². The molecule has 0 bridgehead atoms. The van der Waals surface area contributed by atoms with Gasteiger partial charge in [-0.3, -0.25) is 14.5 Å². The second-order valence-electron chi connectivity index (χ2n) is 6.02. The van der Waals surface area contributed by atoms with Crippen molar-refractivity contribution in [3.8, 4) is 0 Å². The second-order valence-corrected chi connectivity index (χ2v) is 6.02. The Labute approximate surface area is 132 Å². The first-order valence-electron chi connectivity index (χ1n) is 8.47. The summed E-state index contributed by atoms with van der Waals surface area (Å²) < 4.78 is 10.4. The molecule has 2 saturated heterocycles. The summed E-state index contributed by atoms with van der Waals surface area (Å²) in [4.78, 5) is 26.4. The standard InChI is InChI=1S/C16H28N2O4/c1-3-21-15(19)13-7-8-14(16(20)22-4-2)18(13)11-12-6-5-9-17-10-12/h12-14,17H,3-11H2,1-2H3/t12?,13-,14-/m1/s1. The van der Waals surface area contributed by atoms with Gasteiger partial charge < -0.3 is 14.8 Å². The maximum atomic E-state index is 12.2. The number of hydrogen-bond acceptors (Lipinski definition) is 6. The lowest BCUT2D eigenvalue weighted by molar-refractivity contribution is -0.153. The molecule has 0 aromatic heterocycles. The van der Waals surface area contributed by atoms with E-state index in [-0.39, 0.29) is 24.0 Å². The molecule has 2 rings (SSSR count). The highest BCUT2D eigenvalue weighted by molar-refractivity contribution is 5.81. The van der Waals surface area contributed by atoms with E-state index in [9.17, 15) is 9.59 Å². The van der Waals surface area contributed by atoms with Crippen LogP contribution in [0.25, 0.3) is 0 Å². The molecule has 2 fully saturated rings. The molecule has 6 nitrogen and oxygen atoms in total. The van der Waals surface area contributed by atoms with E-state index in [1.54, 1.807) is 0 Å². The number of nitrogens with one attached hydrogen (secondary N) is 1. The number of carbonyl (C=O) groups excluding carboxylic acids is 2. The first-order valence-corrected chi connectivity index (χ1v) is 8.47. The monoisotopic (exact) mass is 312 g/mol. The smallest absolute Gasteiger partial charge is 0.323 e. The number of likely N-dealkylation sites (tertiary alicyclic amines) is 1. The summed E-state index contributed by atoms with van der Waals surface area (Å²) in [6, 6.07) is -0.618. The Bertz CT molecular complexity index is 356. The number of esters is 2. The third-order valence-electron chi connectivity index (χ3n) is 4.50. The maximum absolute atomic E-state index is 12.2. The molecule has 0 radical (unpaired) electrons. The molecule has 22 heavy (non-hydrogen) atoms. The number of nitrogens with zero attached hydrogens (tertiary/aromatic N) is 1. The van der Waals surface area contributed by atoms with E-state index in [4.69, 9.17) is 9.47 Å². The summed E-state index contributed by atoms with van der Waals surface area (Å²) in [7, 11) is 0. The van der Waals surface area contributed by atoms with Crippen LogP contribution in [0, 0.1) is 5.92 Å². The van der Waals surface area contributed by atoms with Gasteiger partial charge in [-0.2, -0.15) is 0 Å². The Balaban J connectivity index is 2.05. The van der Waals surface area contributed by atoms with Crippen molar-refractivity contribution in [3.05, 3.63) is 0 Å². The predicted molar refractivity (Wildman–Crippen MR) is 82.4 cm³/mol. The fourth-order valence-corrected chi connectivity index (χ4v) is 3.48. The van der Waals surface area contributed by atoms with Crippen molar-refractivity contribution in [1.82, 2.24) is 10.2 Å². The molecule has 126 valence electrons. The average molecular weight is 312 g/mol. The van der Waals surface area contributed by atoms with E-state index in [0.29, 0.717) is 32.0 Å². The summed E-state index contributed by atoms with van der Waals surface area (Å²) in [5, 5.41) is 3.39. The van der Waals surface area contributed by atoms with Gasteiger partial charge >= 0.3 is 11.9 Å². The van der Waals surface area contributed by atoms with Gasteiger partial charge in [-0.1, -0.05) is 0 Å². The minimum absolute atomic E-state index is 0.210. The Morgan fingerprint density at radius 2 is 1.64 bits per heavy atom. The van der Waals surface area contributed by atoms with Crippen molar-refractivity contribution < 1.29 is 19.1 Å². The van der Waals surface area contributed by atoms with Crippen molar-refractivity contribution in [2.24, 2.45) is 5.92 Å². The Morgan fingerprint density at radius 3 is 2.09 bits per heavy atom. The van der Waals surface area contributed by atoms with E-state index < -0.39 is 0 Å². The van der Waals surface area contributed by atoms with E-state index in [0.717, 1.165) is 32.5 Å².